The number of ether oxygens (including phenoxy) is 1. The number of pyridine rings is 1. The number of likely N-dealkylation sites (tertiary alicyclic amines) is 1. The molecule has 0 radical (unpaired) electrons. The second-order valence-corrected chi connectivity index (χ2v) is 7.11. The zero-order chi connectivity index (χ0) is 16.9. The third-order valence-corrected chi connectivity index (χ3v) is 5.31. The number of rotatable bonds is 1. The summed E-state index contributed by atoms with van der Waals surface area (Å²) in [7, 11) is 1.69. The van der Waals surface area contributed by atoms with Crippen molar-refractivity contribution in [2.45, 2.75) is 37.7 Å². The van der Waals surface area contributed by atoms with Crippen molar-refractivity contribution >= 4 is 12.0 Å². The van der Waals surface area contributed by atoms with Crippen LogP contribution in [0.4, 0.5) is 4.79 Å². The van der Waals surface area contributed by atoms with Gasteiger partial charge in [-0.25, -0.2) is 4.79 Å². The molecule has 0 bridgehead atoms. The van der Waals surface area contributed by atoms with E-state index >= 15 is 0 Å². The summed E-state index contributed by atoms with van der Waals surface area (Å²) in [4.78, 5) is 42.8. The molecule has 2 fully saturated rings. The molecule has 2 saturated heterocycles. The molecule has 3 heterocycles. The third kappa shape index (κ3) is 2.39. The summed E-state index contributed by atoms with van der Waals surface area (Å²) in [5.74, 6) is -0.271. The highest BCUT2D eigenvalue weighted by Crippen LogP contribution is 2.32. The van der Waals surface area contributed by atoms with Gasteiger partial charge in [0.1, 0.15) is 5.56 Å². The number of fused-ring (bicyclic) bond motifs is 1. The minimum absolute atomic E-state index is 0.199. The lowest BCUT2D eigenvalue weighted by atomic mass is 9.95. The monoisotopic (exact) mass is 331 g/mol. The van der Waals surface area contributed by atoms with Gasteiger partial charge >= 0.3 is 6.09 Å². The Labute approximate surface area is 139 Å². The number of amides is 2. The van der Waals surface area contributed by atoms with Crippen LogP contribution < -0.4 is 5.56 Å². The number of carbonyl (C=O) groups excluding carboxylic acids is 2. The van der Waals surface area contributed by atoms with Crippen LogP contribution in [0.5, 0.6) is 0 Å². The van der Waals surface area contributed by atoms with Gasteiger partial charge in [-0.3, -0.25) is 9.59 Å². The van der Waals surface area contributed by atoms with Crippen molar-refractivity contribution in [3.8, 4) is 0 Å². The topological polar surface area (TPSA) is 82.7 Å². The molecular weight excluding hydrogens is 310 g/mol. The normalized spacial score (nSPS) is 26.0. The zero-order valence-corrected chi connectivity index (χ0v) is 13.8. The number of aromatic nitrogens is 1. The maximum atomic E-state index is 12.8. The number of H-pyrrole nitrogens is 1. The first kappa shape index (κ1) is 15.2. The lowest BCUT2D eigenvalue weighted by molar-refractivity contribution is 0.0552. The zero-order valence-electron chi connectivity index (χ0n) is 13.8. The van der Waals surface area contributed by atoms with Gasteiger partial charge < -0.3 is 19.5 Å². The molecule has 0 unspecified atom stereocenters. The Morgan fingerprint density at radius 1 is 1.25 bits per heavy atom. The Hall–Kier alpha value is -2.31. The van der Waals surface area contributed by atoms with E-state index in [9.17, 15) is 14.4 Å². The van der Waals surface area contributed by atoms with E-state index < -0.39 is 5.60 Å². The van der Waals surface area contributed by atoms with Gasteiger partial charge in [-0.05, 0) is 37.3 Å². The number of carbonyl (C=O) groups is 2. The van der Waals surface area contributed by atoms with Crippen LogP contribution in [0.25, 0.3) is 0 Å². The van der Waals surface area contributed by atoms with Gasteiger partial charge in [0.05, 0.1) is 13.1 Å². The van der Waals surface area contributed by atoms with E-state index in [0.29, 0.717) is 26.1 Å². The van der Waals surface area contributed by atoms with Gasteiger partial charge in [0.25, 0.3) is 11.5 Å². The minimum Gasteiger partial charge on any atom is -0.439 e. The highest BCUT2D eigenvalue weighted by Gasteiger charge is 2.49. The number of likely N-dealkylation sites (N-methyl/N-ethyl adjacent to an activating group) is 1. The minimum atomic E-state index is -0.623. The van der Waals surface area contributed by atoms with Crippen LogP contribution in [0.15, 0.2) is 10.9 Å². The molecule has 7 heteroatoms. The number of hydrogen-bond acceptors (Lipinski definition) is 4. The van der Waals surface area contributed by atoms with Crippen LogP contribution in [0.3, 0.4) is 0 Å². The van der Waals surface area contributed by atoms with Gasteiger partial charge in [-0.2, -0.15) is 0 Å². The molecule has 24 heavy (non-hydrogen) atoms. The van der Waals surface area contributed by atoms with E-state index in [-0.39, 0.29) is 23.1 Å². The summed E-state index contributed by atoms with van der Waals surface area (Å²) in [6.45, 7) is 1.32. The second-order valence-electron chi connectivity index (χ2n) is 7.11. The molecule has 128 valence electrons. The largest absolute Gasteiger partial charge is 0.439 e. The first-order valence-electron chi connectivity index (χ1n) is 8.46. The van der Waals surface area contributed by atoms with Crippen LogP contribution >= 0.6 is 0 Å². The molecule has 1 spiro atoms. The lowest BCUT2D eigenvalue weighted by Crippen LogP contribution is -2.40. The summed E-state index contributed by atoms with van der Waals surface area (Å²) in [5, 5.41) is 0. The molecule has 0 aromatic carbocycles. The smallest absolute Gasteiger partial charge is 0.410 e. The Morgan fingerprint density at radius 3 is 2.79 bits per heavy atom. The molecule has 1 aliphatic carbocycles. The number of aromatic amines is 1. The highest BCUT2D eigenvalue weighted by atomic mass is 16.6. The van der Waals surface area contributed by atoms with E-state index in [4.69, 9.17) is 4.74 Å². The number of nitrogens with one attached hydrogen (secondary N) is 1. The van der Waals surface area contributed by atoms with Gasteiger partial charge in [0.2, 0.25) is 0 Å². The van der Waals surface area contributed by atoms with Crippen molar-refractivity contribution in [1.82, 2.24) is 14.8 Å². The molecule has 1 atom stereocenters. The van der Waals surface area contributed by atoms with Crippen LogP contribution in [0, 0.1) is 0 Å². The summed E-state index contributed by atoms with van der Waals surface area (Å²) >= 11 is 0. The summed E-state index contributed by atoms with van der Waals surface area (Å²) < 4.78 is 5.47. The summed E-state index contributed by atoms with van der Waals surface area (Å²) in [6, 6.07) is 1.76. The van der Waals surface area contributed by atoms with Crippen molar-refractivity contribution in [3.05, 3.63) is 33.2 Å². The molecule has 2 aliphatic heterocycles. The Kier molecular flexibility index (Phi) is 3.40. The van der Waals surface area contributed by atoms with E-state index in [1.165, 1.54) is 4.90 Å². The average Bonchev–Trinajstić information content (AvgIpc) is 3.09. The lowest BCUT2D eigenvalue weighted by Gasteiger charge is -2.22. The van der Waals surface area contributed by atoms with Crippen LogP contribution in [0.1, 0.15) is 40.9 Å². The van der Waals surface area contributed by atoms with Crippen molar-refractivity contribution < 1.29 is 14.3 Å². The number of hydrogen-bond donors (Lipinski definition) is 1. The van der Waals surface area contributed by atoms with E-state index in [0.717, 1.165) is 36.9 Å². The van der Waals surface area contributed by atoms with Crippen molar-refractivity contribution in [1.29, 1.82) is 0 Å². The van der Waals surface area contributed by atoms with Crippen LogP contribution in [-0.4, -0.2) is 59.1 Å². The Bertz CT molecular complexity index is 772. The second kappa shape index (κ2) is 5.36. The van der Waals surface area contributed by atoms with Gasteiger partial charge in [0, 0.05) is 25.7 Å². The molecule has 1 N–H and O–H groups in total. The van der Waals surface area contributed by atoms with Crippen molar-refractivity contribution in [2.24, 2.45) is 0 Å². The third-order valence-electron chi connectivity index (χ3n) is 5.31. The first-order chi connectivity index (χ1) is 11.5. The van der Waals surface area contributed by atoms with E-state index in [1.807, 2.05) is 0 Å². The molecular formula is C17H21N3O4. The molecule has 1 aromatic heterocycles. The van der Waals surface area contributed by atoms with Crippen LogP contribution in [0.2, 0.25) is 0 Å². The number of nitrogens with zero attached hydrogens (tertiary/aromatic N) is 2. The molecule has 1 aromatic rings. The fourth-order valence-corrected chi connectivity index (χ4v) is 4.03. The Morgan fingerprint density at radius 2 is 2.04 bits per heavy atom. The molecule has 4 rings (SSSR count). The Balaban J connectivity index is 1.57. The van der Waals surface area contributed by atoms with E-state index in [1.54, 1.807) is 18.0 Å². The SMILES string of the molecule is CN1C[C@@]2(CCN(C(=O)c3cc4c([nH]c3=O)CCCC4)C2)OC1=O. The average molecular weight is 331 g/mol. The van der Waals surface area contributed by atoms with Crippen molar-refractivity contribution in [3.63, 3.8) is 0 Å². The fraction of sp³-hybridized carbons (Fsp3) is 0.588. The fourth-order valence-electron chi connectivity index (χ4n) is 4.03. The maximum absolute atomic E-state index is 12.8. The molecule has 2 amide bonds. The van der Waals surface area contributed by atoms with Crippen LogP contribution in [-0.2, 0) is 17.6 Å². The standard InChI is InChI=1S/C17H21N3O4/c1-19-9-17(24-16(19)23)6-7-20(10-17)15(22)12-8-11-4-2-3-5-13(11)18-14(12)21/h8H,2-7,9-10H2,1H3,(H,18,21)/t17-/m1/s1. The predicted molar refractivity (Wildman–Crippen MR) is 86.1 cm³/mol. The molecule has 0 saturated carbocycles. The van der Waals surface area contributed by atoms with Gasteiger partial charge in [0.15, 0.2) is 5.60 Å². The first-order valence-corrected chi connectivity index (χ1v) is 8.46. The van der Waals surface area contributed by atoms with Crippen molar-refractivity contribution in [2.75, 3.05) is 26.7 Å². The number of aryl methyl sites for hydroxylation is 2. The highest BCUT2D eigenvalue weighted by molar-refractivity contribution is 5.94. The predicted octanol–water partition coefficient (Wildman–Crippen LogP) is 0.920. The van der Waals surface area contributed by atoms with Gasteiger partial charge in [-0.1, -0.05) is 0 Å². The van der Waals surface area contributed by atoms with E-state index in [2.05, 4.69) is 4.98 Å². The molecule has 3 aliphatic rings. The van der Waals surface area contributed by atoms with Gasteiger partial charge in [-0.15, -0.1) is 0 Å². The summed E-state index contributed by atoms with van der Waals surface area (Å²) in [5.41, 5.74) is 1.30. The maximum Gasteiger partial charge on any atom is 0.410 e. The summed E-state index contributed by atoms with van der Waals surface area (Å²) in [6.07, 6.45) is 4.19. The molecule has 7 nitrogen and oxygen atoms in total. The quantitative estimate of drug-likeness (QED) is 0.829.